The van der Waals surface area contributed by atoms with Crippen LogP contribution in [0, 0.1) is 0 Å². The maximum Gasteiger partial charge on any atom is 0.265 e. The van der Waals surface area contributed by atoms with Gasteiger partial charge in [0.25, 0.3) is 5.95 Å². The van der Waals surface area contributed by atoms with Crippen molar-refractivity contribution in [3.05, 3.63) is 59.2 Å². The fourth-order valence-electron chi connectivity index (χ4n) is 3.08. The van der Waals surface area contributed by atoms with Gasteiger partial charge >= 0.3 is 0 Å². The van der Waals surface area contributed by atoms with Crippen LogP contribution in [0.2, 0.25) is 5.15 Å². The summed E-state index contributed by atoms with van der Waals surface area (Å²) in [5.41, 5.74) is 6.50. The Hall–Kier alpha value is -3.78. The van der Waals surface area contributed by atoms with Crippen molar-refractivity contribution in [1.29, 1.82) is 0 Å². The largest absolute Gasteiger partial charge is 0.497 e. The first-order valence-electron chi connectivity index (χ1n) is 8.76. The molecule has 9 heteroatoms. The van der Waals surface area contributed by atoms with Crippen LogP contribution in [0.4, 0.5) is 5.95 Å². The summed E-state index contributed by atoms with van der Waals surface area (Å²) in [7, 11) is 1.61. The zero-order valence-corrected chi connectivity index (χ0v) is 16.0. The van der Waals surface area contributed by atoms with Crippen molar-refractivity contribution in [2.45, 2.75) is 0 Å². The van der Waals surface area contributed by atoms with Crippen LogP contribution in [-0.2, 0) is 0 Å². The van der Waals surface area contributed by atoms with E-state index in [2.05, 4.69) is 35.7 Å². The number of para-hydroxylation sites is 1. The van der Waals surface area contributed by atoms with E-state index in [0.29, 0.717) is 21.9 Å². The molecule has 3 aromatic heterocycles. The van der Waals surface area contributed by atoms with E-state index in [9.17, 15) is 0 Å². The molecule has 5 aromatic rings. The number of nitrogens with one attached hydrogen (secondary N) is 2. The number of aromatic nitrogens is 5. The van der Waals surface area contributed by atoms with Crippen molar-refractivity contribution in [2.75, 3.05) is 12.5 Å². The number of benzene rings is 2. The van der Waals surface area contributed by atoms with Gasteiger partial charge in [0, 0.05) is 27.9 Å². The predicted molar refractivity (Wildman–Crippen MR) is 114 cm³/mol. The number of hydrazone groups is 1. The van der Waals surface area contributed by atoms with Crippen molar-refractivity contribution in [3.8, 4) is 5.75 Å². The second-order valence-electron chi connectivity index (χ2n) is 6.30. The summed E-state index contributed by atoms with van der Waals surface area (Å²) in [6.45, 7) is 0. The smallest absolute Gasteiger partial charge is 0.265 e. The molecule has 0 aliphatic carbocycles. The van der Waals surface area contributed by atoms with Crippen LogP contribution in [0.5, 0.6) is 5.75 Å². The SMILES string of the molecule is COc1ccc2cc(C=NNc3nnc4c(n3)[nH]c3ccccc34)c(Cl)nc2c1. The van der Waals surface area contributed by atoms with Gasteiger partial charge in [0.2, 0.25) is 0 Å². The minimum Gasteiger partial charge on any atom is -0.497 e. The van der Waals surface area contributed by atoms with Crippen molar-refractivity contribution in [1.82, 2.24) is 25.1 Å². The molecule has 0 aliphatic rings. The molecule has 0 atom stereocenters. The summed E-state index contributed by atoms with van der Waals surface area (Å²) in [6.07, 6.45) is 1.57. The summed E-state index contributed by atoms with van der Waals surface area (Å²) in [5, 5.41) is 14.7. The van der Waals surface area contributed by atoms with Crippen LogP contribution in [0.3, 0.4) is 0 Å². The second-order valence-corrected chi connectivity index (χ2v) is 6.66. The van der Waals surface area contributed by atoms with Crippen molar-refractivity contribution in [3.63, 3.8) is 0 Å². The molecule has 0 amide bonds. The molecule has 0 bridgehead atoms. The van der Waals surface area contributed by atoms with Gasteiger partial charge in [-0.1, -0.05) is 29.8 Å². The number of fused-ring (bicyclic) bond motifs is 4. The van der Waals surface area contributed by atoms with E-state index < -0.39 is 0 Å². The summed E-state index contributed by atoms with van der Waals surface area (Å²) < 4.78 is 5.21. The maximum absolute atomic E-state index is 6.28. The Morgan fingerprint density at radius 3 is 2.90 bits per heavy atom. The molecule has 29 heavy (non-hydrogen) atoms. The number of pyridine rings is 1. The van der Waals surface area contributed by atoms with Gasteiger partial charge in [-0.3, -0.25) is 0 Å². The van der Waals surface area contributed by atoms with Crippen LogP contribution in [0.25, 0.3) is 33.0 Å². The van der Waals surface area contributed by atoms with Gasteiger partial charge in [0.05, 0.1) is 18.8 Å². The zero-order chi connectivity index (χ0) is 19.8. The molecule has 8 nitrogen and oxygen atoms in total. The van der Waals surface area contributed by atoms with Crippen LogP contribution in [0.15, 0.2) is 53.6 Å². The molecule has 142 valence electrons. The number of hydrogen-bond donors (Lipinski definition) is 2. The minimum absolute atomic E-state index is 0.273. The fourth-order valence-corrected chi connectivity index (χ4v) is 3.28. The average molecular weight is 404 g/mol. The van der Waals surface area contributed by atoms with Crippen molar-refractivity contribution >= 4 is 56.7 Å². The average Bonchev–Trinajstić information content (AvgIpc) is 3.11. The van der Waals surface area contributed by atoms with E-state index in [-0.39, 0.29) is 5.95 Å². The Balaban J connectivity index is 1.41. The predicted octanol–water partition coefficient (Wildman–Crippen LogP) is 4.16. The van der Waals surface area contributed by atoms with E-state index in [4.69, 9.17) is 16.3 Å². The molecule has 3 heterocycles. The fraction of sp³-hybridized carbons (Fsp3) is 0.0500. The summed E-state index contributed by atoms with van der Waals surface area (Å²) in [4.78, 5) is 12.0. The van der Waals surface area contributed by atoms with Gasteiger partial charge < -0.3 is 9.72 Å². The maximum atomic E-state index is 6.28. The highest BCUT2D eigenvalue weighted by molar-refractivity contribution is 6.32. The highest BCUT2D eigenvalue weighted by Crippen LogP contribution is 2.24. The number of H-pyrrole nitrogens is 1. The van der Waals surface area contributed by atoms with Crippen molar-refractivity contribution < 1.29 is 4.74 Å². The van der Waals surface area contributed by atoms with Crippen LogP contribution in [0.1, 0.15) is 5.56 Å². The number of hydrogen-bond acceptors (Lipinski definition) is 7. The van der Waals surface area contributed by atoms with Gasteiger partial charge in [-0.15, -0.1) is 10.2 Å². The quantitative estimate of drug-likeness (QED) is 0.265. The Bertz CT molecular complexity index is 1400. The van der Waals surface area contributed by atoms with Crippen LogP contribution in [-0.4, -0.2) is 38.5 Å². The summed E-state index contributed by atoms with van der Waals surface area (Å²) in [5.74, 6) is 0.996. The zero-order valence-electron chi connectivity index (χ0n) is 15.2. The molecule has 5 rings (SSSR count). The number of methoxy groups -OCH3 is 1. The summed E-state index contributed by atoms with van der Waals surface area (Å²) in [6, 6.07) is 15.3. The van der Waals surface area contributed by atoms with Gasteiger partial charge in [0.1, 0.15) is 16.4 Å². The monoisotopic (exact) mass is 403 g/mol. The highest BCUT2D eigenvalue weighted by Gasteiger charge is 2.08. The molecular formula is C20H14ClN7O. The number of rotatable bonds is 4. The molecule has 0 radical (unpaired) electrons. The molecule has 0 spiro atoms. The lowest BCUT2D eigenvalue weighted by atomic mass is 10.1. The Morgan fingerprint density at radius 1 is 1.10 bits per heavy atom. The van der Waals surface area contributed by atoms with Gasteiger partial charge in [0.15, 0.2) is 5.65 Å². The number of halogens is 1. The van der Waals surface area contributed by atoms with E-state index in [0.717, 1.165) is 27.6 Å². The Morgan fingerprint density at radius 2 is 2.00 bits per heavy atom. The number of aromatic amines is 1. The topological polar surface area (TPSA) is 101 Å². The van der Waals surface area contributed by atoms with Gasteiger partial charge in [-0.2, -0.15) is 10.1 Å². The molecule has 0 saturated heterocycles. The van der Waals surface area contributed by atoms with Gasteiger partial charge in [-0.25, -0.2) is 10.4 Å². The van der Waals surface area contributed by atoms with E-state index in [1.54, 1.807) is 13.3 Å². The molecular weight excluding hydrogens is 390 g/mol. The first kappa shape index (κ1) is 17.3. The lowest BCUT2D eigenvalue weighted by Gasteiger charge is -2.04. The molecule has 2 aromatic carbocycles. The lowest BCUT2D eigenvalue weighted by Crippen LogP contribution is -1.99. The first-order chi connectivity index (χ1) is 14.2. The molecule has 0 fully saturated rings. The van der Waals surface area contributed by atoms with E-state index in [1.165, 1.54) is 0 Å². The summed E-state index contributed by atoms with van der Waals surface area (Å²) >= 11 is 6.28. The highest BCUT2D eigenvalue weighted by atomic mass is 35.5. The Kier molecular flexibility index (Phi) is 4.18. The third-order valence-electron chi connectivity index (χ3n) is 4.50. The minimum atomic E-state index is 0.273. The van der Waals surface area contributed by atoms with Gasteiger partial charge in [-0.05, 0) is 24.3 Å². The van der Waals surface area contributed by atoms with Crippen LogP contribution >= 0.6 is 11.6 Å². The normalized spacial score (nSPS) is 11.7. The number of ether oxygens (including phenoxy) is 1. The standard InChI is InChI=1S/C20H14ClN7O/c1-29-13-7-6-11-8-12(18(21)23-16(11)9-13)10-22-27-20-25-19-17(26-28-20)14-4-2-3-5-15(14)24-19/h2-10H,1H3,(H2,24,25,27,28). The third kappa shape index (κ3) is 3.19. The van der Waals surface area contributed by atoms with E-state index >= 15 is 0 Å². The Labute approximate surface area is 169 Å². The van der Waals surface area contributed by atoms with Crippen LogP contribution < -0.4 is 10.2 Å². The van der Waals surface area contributed by atoms with E-state index in [1.807, 2.05) is 48.5 Å². The third-order valence-corrected chi connectivity index (χ3v) is 4.80. The first-order valence-corrected chi connectivity index (χ1v) is 9.13. The number of anilines is 1. The molecule has 0 unspecified atom stereocenters. The van der Waals surface area contributed by atoms with Crippen molar-refractivity contribution in [2.24, 2.45) is 5.10 Å². The molecule has 0 aliphatic heterocycles. The second kappa shape index (κ2) is 6.99. The lowest BCUT2D eigenvalue weighted by molar-refractivity contribution is 0.415. The molecule has 0 saturated carbocycles. The molecule has 2 N–H and O–H groups in total. The number of nitrogens with zero attached hydrogens (tertiary/aromatic N) is 5.